The number of nitrogens with two attached hydrogens (primary N) is 1. The zero-order valence-electron chi connectivity index (χ0n) is 8.48. The minimum absolute atomic E-state index is 0.540. The summed E-state index contributed by atoms with van der Waals surface area (Å²) in [6, 6.07) is 6.13. The molecule has 0 radical (unpaired) electrons. The highest BCUT2D eigenvalue weighted by atomic mass is 15.2. The molecule has 1 fully saturated rings. The first-order valence-corrected chi connectivity index (χ1v) is 5.30. The summed E-state index contributed by atoms with van der Waals surface area (Å²) in [6.07, 6.45) is 4.57. The maximum absolute atomic E-state index is 5.65. The van der Waals surface area contributed by atoms with Gasteiger partial charge in [0, 0.05) is 36.1 Å². The number of nitrogens with one attached hydrogen (secondary N) is 1. The van der Waals surface area contributed by atoms with Crippen LogP contribution in [0.5, 0.6) is 0 Å². The Hall–Kier alpha value is -1.55. The largest absolute Gasteiger partial charge is 0.325 e. The molecule has 0 amide bonds. The minimum Gasteiger partial charge on any atom is -0.325 e. The fourth-order valence-electron chi connectivity index (χ4n) is 1.86. The van der Waals surface area contributed by atoms with Gasteiger partial charge >= 0.3 is 0 Å². The Balaban J connectivity index is 1.97. The molecule has 2 aromatic rings. The molecule has 1 aliphatic carbocycles. The highest BCUT2D eigenvalue weighted by Gasteiger charge is 2.25. The van der Waals surface area contributed by atoms with E-state index in [0.717, 1.165) is 11.5 Å². The van der Waals surface area contributed by atoms with Crippen molar-refractivity contribution in [3.8, 4) is 5.82 Å². The van der Waals surface area contributed by atoms with Gasteiger partial charge in [-0.1, -0.05) is 0 Å². The Morgan fingerprint density at radius 3 is 3.13 bits per heavy atom. The van der Waals surface area contributed by atoms with Crippen LogP contribution in [0.3, 0.4) is 0 Å². The van der Waals surface area contributed by atoms with Crippen molar-refractivity contribution in [1.29, 1.82) is 0 Å². The first-order chi connectivity index (χ1) is 7.38. The molecule has 0 spiro atoms. The van der Waals surface area contributed by atoms with E-state index in [2.05, 4.69) is 16.3 Å². The first-order valence-electron chi connectivity index (χ1n) is 5.30. The number of nitrogens with zero attached hydrogens (tertiary/aromatic N) is 2. The molecule has 0 atom stereocenters. The summed E-state index contributed by atoms with van der Waals surface area (Å²) in [5.41, 5.74) is 7.99. The SMILES string of the molecule is NCc1cccn1-c1cc(C2CC2)[nH]n1. The molecule has 2 aromatic heterocycles. The summed E-state index contributed by atoms with van der Waals surface area (Å²) < 4.78 is 2.03. The van der Waals surface area contributed by atoms with Crippen molar-refractivity contribution in [2.75, 3.05) is 0 Å². The number of rotatable bonds is 3. The van der Waals surface area contributed by atoms with E-state index >= 15 is 0 Å². The minimum atomic E-state index is 0.540. The van der Waals surface area contributed by atoms with E-state index in [1.165, 1.54) is 18.5 Å². The van der Waals surface area contributed by atoms with Crippen LogP contribution in [0.1, 0.15) is 30.1 Å². The molecule has 4 nitrogen and oxygen atoms in total. The van der Waals surface area contributed by atoms with Gasteiger partial charge in [0.25, 0.3) is 0 Å². The smallest absolute Gasteiger partial charge is 0.158 e. The monoisotopic (exact) mass is 202 g/mol. The summed E-state index contributed by atoms with van der Waals surface area (Å²) in [6.45, 7) is 0.540. The number of aromatic amines is 1. The molecule has 1 aliphatic rings. The molecule has 0 unspecified atom stereocenters. The van der Waals surface area contributed by atoms with Crippen molar-refractivity contribution < 1.29 is 0 Å². The number of hydrogen-bond acceptors (Lipinski definition) is 2. The summed E-state index contributed by atoms with van der Waals surface area (Å²) in [5.74, 6) is 1.66. The Morgan fingerprint density at radius 1 is 1.53 bits per heavy atom. The van der Waals surface area contributed by atoms with Gasteiger partial charge in [-0.25, -0.2) is 0 Å². The maximum atomic E-state index is 5.65. The van der Waals surface area contributed by atoms with Crippen molar-refractivity contribution in [3.05, 3.63) is 35.8 Å². The second kappa shape index (κ2) is 3.24. The van der Waals surface area contributed by atoms with E-state index in [4.69, 9.17) is 5.73 Å². The molecular weight excluding hydrogens is 188 g/mol. The predicted octanol–water partition coefficient (Wildman–Crippen LogP) is 1.54. The van der Waals surface area contributed by atoms with Crippen LogP contribution in [0.4, 0.5) is 0 Å². The first kappa shape index (κ1) is 8.73. The number of aromatic nitrogens is 3. The molecule has 0 aromatic carbocycles. The van der Waals surface area contributed by atoms with Crippen molar-refractivity contribution in [2.24, 2.45) is 5.73 Å². The summed E-state index contributed by atoms with van der Waals surface area (Å²) >= 11 is 0. The van der Waals surface area contributed by atoms with Crippen LogP contribution in [0.2, 0.25) is 0 Å². The molecule has 3 N–H and O–H groups in total. The maximum Gasteiger partial charge on any atom is 0.158 e. The van der Waals surface area contributed by atoms with Crippen molar-refractivity contribution in [3.63, 3.8) is 0 Å². The third-order valence-corrected chi connectivity index (χ3v) is 2.89. The van der Waals surface area contributed by atoms with Crippen LogP contribution in [0.15, 0.2) is 24.4 Å². The summed E-state index contributed by atoms with van der Waals surface area (Å²) in [7, 11) is 0. The highest BCUT2D eigenvalue weighted by molar-refractivity contribution is 5.31. The average Bonchev–Trinajstić information content (AvgIpc) is 2.83. The average molecular weight is 202 g/mol. The van der Waals surface area contributed by atoms with Crippen LogP contribution in [-0.2, 0) is 6.54 Å². The van der Waals surface area contributed by atoms with Gasteiger partial charge in [0.15, 0.2) is 5.82 Å². The Kier molecular flexibility index (Phi) is 1.89. The fraction of sp³-hybridized carbons (Fsp3) is 0.364. The van der Waals surface area contributed by atoms with Crippen molar-refractivity contribution >= 4 is 0 Å². The normalized spacial score (nSPS) is 15.8. The molecule has 1 saturated carbocycles. The van der Waals surface area contributed by atoms with E-state index in [1.54, 1.807) is 0 Å². The van der Waals surface area contributed by atoms with Gasteiger partial charge in [0.05, 0.1) is 0 Å². The lowest BCUT2D eigenvalue weighted by atomic mass is 10.3. The lowest BCUT2D eigenvalue weighted by Crippen LogP contribution is -2.04. The van der Waals surface area contributed by atoms with Gasteiger partial charge in [0.2, 0.25) is 0 Å². The van der Waals surface area contributed by atoms with Gasteiger partial charge < -0.3 is 10.3 Å². The molecule has 0 saturated heterocycles. The standard InChI is InChI=1S/C11H14N4/c12-7-9-2-1-5-15(9)11-6-10(13-14-11)8-3-4-8/h1-2,5-6,8H,3-4,7,12H2,(H,13,14). The van der Waals surface area contributed by atoms with Crippen LogP contribution in [0, 0.1) is 0 Å². The fourth-order valence-corrected chi connectivity index (χ4v) is 1.86. The lowest BCUT2D eigenvalue weighted by Gasteiger charge is -2.01. The lowest BCUT2D eigenvalue weighted by molar-refractivity contribution is 0.869. The van der Waals surface area contributed by atoms with E-state index in [1.807, 2.05) is 22.9 Å². The quantitative estimate of drug-likeness (QED) is 0.793. The Bertz CT molecular complexity index is 464. The zero-order valence-corrected chi connectivity index (χ0v) is 8.48. The molecular formula is C11H14N4. The molecule has 3 rings (SSSR count). The molecule has 2 heterocycles. The van der Waals surface area contributed by atoms with E-state index < -0.39 is 0 Å². The summed E-state index contributed by atoms with van der Waals surface area (Å²) in [4.78, 5) is 0. The Labute approximate surface area is 88.1 Å². The highest BCUT2D eigenvalue weighted by Crippen LogP contribution is 2.39. The summed E-state index contributed by atoms with van der Waals surface area (Å²) in [5, 5.41) is 7.41. The molecule has 78 valence electrons. The molecule has 4 heteroatoms. The molecule has 0 bridgehead atoms. The number of H-pyrrole nitrogens is 1. The van der Waals surface area contributed by atoms with Crippen molar-refractivity contribution in [2.45, 2.75) is 25.3 Å². The van der Waals surface area contributed by atoms with Gasteiger partial charge in [-0.05, 0) is 25.0 Å². The van der Waals surface area contributed by atoms with Crippen LogP contribution in [-0.4, -0.2) is 14.8 Å². The van der Waals surface area contributed by atoms with E-state index in [9.17, 15) is 0 Å². The van der Waals surface area contributed by atoms with Crippen LogP contribution >= 0.6 is 0 Å². The Morgan fingerprint density at radius 2 is 2.40 bits per heavy atom. The molecule has 0 aliphatic heterocycles. The second-order valence-electron chi connectivity index (χ2n) is 4.03. The topological polar surface area (TPSA) is 59.6 Å². The predicted molar refractivity (Wildman–Crippen MR) is 57.8 cm³/mol. The number of hydrogen-bond donors (Lipinski definition) is 2. The molecule has 15 heavy (non-hydrogen) atoms. The zero-order chi connectivity index (χ0) is 10.3. The van der Waals surface area contributed by atoms with Gasteiger partial charge in [-0.2, -0.15) is 5.10 Å². The third-order valence-electron chi connectivity index (χ3n) is 2.89. The van der Waals surface area contributed by atoms with Crippen LogP contribution < -0.4 is 5.73 Å². The van der Waals surface area contributed by atoms with Gasteiger partial charge in [-0.3, -0.25) is 5.10 Å². The second-order valence-corrected chi connectivity index (χ2v) is 4.03. The van der Waals surface area contributed by atoms with Crippen LogP contribution in [0.25, 0.3) is 5.82 Å². The third kappa shape index (κ3) is 1.47. The van der Waals surface area contributed by atoms with Crippen molar-refractivity contribution in [1.82, 2.24) is 14.8 Å². The van der Waals surface area contributed by atoms with Gasteiger partial charge in [0.1, 0.15) is 0 Å². The van der Waals surface area contributed by atoms with Gasteiger partial charge in [-0.15, -0.1) is 0 Å². The van der Waals surface area contributed by atoms with E-state index in [-0.39, 0.29) is 0 Å². The van der Waals surface area contributed by atoms with E-state index in [0.29, 0.717) is 12.5 Å².